The minimum absolute atomic E-state index is 0.207. The van der Waals surface area contributed by atoms with E-state index >= 15 is 0 Å². The molecule has 0 radical (unpaired) electrons. The van der Waals surface area contributed by atoms with Crippen LogP contribution in [0.2, 0.25) is 0 Å². The first-order chi connectivity index (χ1) is 18.1. The number of aromatic amines is 2. The number of aromatic nitrogens is 3. The summed E-state index contributed by atoms with van der Waals surface area (Å²) in [5.74, 6) is 1.17. The van der Waals surface area contributed by atoms with E-state index in [1.54, 1.807) is 33.7 Å². The standard InChI is InChI=1S/C28H28N4O5/c1-35-24-11-17(12-25(36-2)27(24)37-3)16-9-21(26-23(10-16)30-15-31-26)28(34)32-19(14-33)8-18-13-29-22-7-5-4-6-20(18)22/h4-7,9-13,15,19,29,33H,8,14H2,1-3H3,(H,30,31)(H,32,34). The molecule has 1 unspecified atom stereocenters. The Morgan fingerprint density at radius 1 is 0.973 bits per heavy atom. The van der Waals surface area contributed by atoms with Gasteiger partial charge in [-0.15, -0.1) is 0 Å². The highest BCUT2D eigenvalue weighted by Crippen LogP contribution is 2.41. The van der Waals surface area contributed by atoms with E-state index in [4.69, 9.17) is 14.2 Å². The SMILES string of the molecule is COc1cc(-c2cc(C(=O)NC(CO)Cc3c[nH]c4ccccc34)c3nc[nH]c3c2)cc(OC)c1OC. The van der Waals surface area contributed by atoms with E-state index in [0.29, 0.717) is 40.3 Å². The van der Waals surface area contributed by atoms with E-state index in [1.165, 1.54) is 0 Å². The Bertz CT molecular complexity index is 1550. The van der Waals surface area contributed by atoms with Crippen molar-refractivity contribution in [1.29, 1.82) is 0 Å². The van der Waals surface area contributed by atoms with E-state index in [0.717, 1.165) is 27.6 Å². The predicted molar refractivity (Wildman–Crippen MR) is 142 cm³/mol. The number of aliphatic hydroxyl groups excluding tert-OH is 1. The Balaban J connectivity index is 1.49. The molecule has 5 rings (SSSR count). The van der Waals surface area contributed by atoms with E-state index in [-0.39, 0.29) is 12.5 Å². The van der Waals surface area contributed by atoms with Crippen molar-refractivity contribution in [2.24, 2.45) is 0 Å². The van der Waals surface area contributed by atoms with Crippen molar-refractivity contribution in [2.45, 2.75) is 12.5 Å². The Morgan fingerprint density at radius 3 is 2.41 bits per heavy atom. The summed E-state index contributed by atoms with van der Waals surface area (Å²) in [5, 5.41) is 14.1. The van der Waals surface area contributed by atoms with Gasteiger partial charge in [-0.2, -0.15) is 0 Å². The van der Waals surface area contributed by atoms with E-state index in [2.05, 4.69) is 20.3 Å². The molecule has 0 fully saturated rings. The van der Waals surface area contributed by atoms with Crippen LogP contribution in [0, 0.1) is 0 Å². The van der Waals surface area contributed by atoms with Crippen LogP contribution >= 0.6 is 0 Å². The Kier molecular flexibility index (Phi) is 6.70. The third-order valence-electron chi connectivity index (χ3n) is 6.46. The quantitative estimate of drug-likeness (QED) is 0.242. The molecule has 190 valence electrons. The highest BCUT2D eigenvalue weighted by molar-refractivity contribution is 6.06. The molecule has 0 aliphatic carbocycles. The average molecular weight is 501 g/mol. The summed E-state index contributed by atoms with van der Waals surface area (Å²) in [7, 11) is 4.66. The molecule has 0 bridgehead atoms. The summed E-state index contributed by atoms with van der Waals surface area (Å²) in [6.07, 6.45) is 3.94. The molecule has 9 nitrogen and oxygen atoms in total. The van der Waals surface area contributed by atoms with Gasteiger partial charge in [0, 0.05) is 17.1 Å². The van der Waals surface area contributed by atoms with Crippen molar-refractivity contribution >= 4 is 27.8 Å². The van der Waals surface area contributed by atoms with Gasteiger partial charge in [0.05, 0.1) is 51.4 Å². The van der Waals surface area contributed by atoms with Crippen molar-refractivity contribution in [3.05, 3.63) is 72.2 Å². The number of nitrogens with one attached hydrogen (secondary N) is 3. The number of benzene rings is 3. The lowest BCUT2D eigenvalue weighted by Gasteiger charge is -2.17. The van der Waals surface area contributed by atoms with Crippen LogP contribution in [0.3, 0.4) is 0 Å². The van der Waals surface area contributed by atoms with E-state index < -0.39 is 6.04 Å². The van der Waals surface area contributed by atoms with E-state index in [9.17, 15) is 9.90 Å². The summed E-state index contributed by atoms with van der Waals surface area (Å²) >= 11 is 0. The molecule has 0 saturated carbocycles. The summed E-state index contributed by atoms with van der Waals surface area (Å²) in [4.78, 5) is 24.2. The maximum absolute atomic E-state index is 13.5. The van der Waals surface area contributed by atoms with Gasteiger partial charge >= 0.3 is 0 Å². The third-order valence-corrected chi connectivity index (χ3v) is 6.46. The second-order valence-corrected chi connectivity index (χ2v) is 8.65. The van der Waals surface area contributed by atoms with Gasteiger partial charge in [0.1, 0.15) is 5.52 Å². The second kappa shape index (κ2) is 10.2. The molecule has 5 aromatic rings. The van der Waals surface area contributed by atoms with Crippen molar-refractivity contribution in [3.63, 3.8) is 0 Å². The van der Waals surface area contributed by atoms with Gasteiger partial charge in [-0.25, -0.2) is 4.98 Å². The molecule has 2 heterocycles. The number of H-pyrrole nitrogens is 2. The number of carbonyl (C=O) groups is 1. The molecule has 1 atom stereocenters. The molecular weight excluding hydrogens is 472 g/mol. The van der Waals surface area contributed by atoms with Gasteiger partial charge in [0.2, 0.25) is 5.75 Å². The highest BCUT2D eigenvalue weighted by Gasteiger charge is 2.21. The topological polar surface area (TPSA) is 121 Å². The Morgan fingerprint density at radius 2 is 1.70 bits per heavy atom. The first-order valence-corrected chi connectivity index (χ1v) is 11.8. The lowest BCUT2D eigenvalue weighted by molar-refractivity contribution is 0.0918. The first kappa shape index (κ1) is 24.2. The molecule has 9 heteroatoms. The number of ether oxygens (including phenoxy) is 3. The monoisotopic (exact) mass is 500 g/mol. The number of hydrogen-bond acceptors (Lipinski definition) is 6. The number of methoxy groups -OCH3 is 3. The molecule has 2 aromatic heterocycles. The number of rotatable bonds is 9. The smallest absolute Gasteiger partial charge is 0.253 e. The summed E-state index contributed by atoms with van der Waals surface area (Å²) in [6, 6.07) is 14.8. The van der Waals surface area contributed by atoms with Gasteiger partial charge < -0.3 is 34.6 Å². The van der Waals surface area contributed by atoms with Gasteiger partial charge in [-0.1, -0.05) is 18.2 Å². The molecule has 3 aromatic carbocycles. The fraction of sp³-hybridized carbons (Fsp3) is 0.214. The zero-order valence-electron chi connectivity index (χ0n) is 20.8. The number of para-hydroxylation sites is 1. The molecule has 0 spiro atoms. The number of nitrogens with zero attached hydrogens (tertiary/aromatic N) is 1. The third kappa shape index (κ3) is 4.56. The van der Waals surface area contributed by atoms with Gasteiger partial charge in [0.25, 0.3) is 5.91 Å². The maximum Gasteiger partial charge on any atom is 0.253 e. The number of hydrogen-bond donors (Lipinski definition) is 4. The summed E-state index contributed by atoms with van der Waals surface area (Å²) in [6.45, 7) is -0.207. The predicted octanol–water partition coefficient (Wildman–Crippen LogP) is 4.07. The van der Waals surface area contributed by atoms with Crippen LogP contribution in [0.5, 0.6) is 17.2 Å². The Hall–Kier alpha value is -4.50. The normalized spacial score (nSPS) is 12.0. The van der Waals surface area contributed by atoms with Crippen LogP contribution in [0.25, 0.3) is 33.1 Å². The maximum atomic E-state index is 13.5. The zero-order chi connectivity index (χ0) is 25.9. The van der Waals surface area contributed by atoms with Crippen LogP contribution in [0.15, 0.2) is 61.1 Å². The van der Waals surface area contributed by atoms with Crippen molar-refractivity contribution in [1.82, 2.24) is 20.3 Å². The highest BCUT2D eigenvalue weighted by atomic mass is 16.5. The molecular formula is C28H28N4O5. The number of carbonyl (C=O) groups excluding carboxylic acids is 1. The van der Waals surface area contributed by atoms with Crippen LogP contribution < -0.4 is 19.5 Å². The Labute approximate surface area is 213 Å². The number of fused-ring (bicyclic) bond motifs is 2. The molecule has 0 saturated heterocycles. The van der Waals surface area contributed by atoms with Crippen LogP contribution in [0.4, 0.5) is 0 Å². The van der Waals surface area contributed by atoms with Gasteiger partial charge in [0.15, 0.2) is 11.5 Å². The summed E-state index contributed by atoms with van der Waals surface area (Å²) in [5.41, 5.74) is 5.20. The van der Waals surface area contributed by atoms with E-state index in [1.807, 2.05) is 48.7 Å². The van der Waals surface area contributed by atoms with Crippen molar-refractivity contribution in [2.75, 3.05) is 27.9 Å². The molecule has 0 aliphatic heterocycles. The fourth-order valence-electron chi connectivity index (χ4n) is 4.63. The lowest BCUT2D eigenvalue weighted by atomic mass is 9.99. The van der Waals surface area contributed by atoms with Crippen molar-refractivity contribution in [3.8, 4) is 28.4 Å². The van der Waals surface area contributed by atoms with Gasteiger partial charge in [-0.3, -0.25) is 4.79 Å². The van der Waals surface area contributed by atoms with Crippen LogP contribution in [-0.2, 0) is 6.42 Å². The van der Waals surface area contributed by atoms with Gasteiger partial charge in [-0.05, 0) is 53.4 Å². The van der Waals surface area contributed by atoms with Crippen LogP contribution in [-0.4, -0.2) is 59.9 Å². The largest absolute Gasteiger partial charge is 0.493 e. The first-order valence-electron chi connectivity index (χ1n) is 11.8. The number of aliphatic hydroxyl groups is 1. The molecule has 4 N–H and O–H groups in total. The second-order valence-electron chi connectivity index (χ2n) is 8.65. The average Bonchev–Trinajstić information content (AvgIpc) is 3.58. The lowest BCUT2D eigenvalue weighted by Crippen LogP contribution is -2.39. The minimum Gasteiger partial charge on any atom is -0.493 e. The molecule has 37 heavy (non-hydrogen) atoms. The van der Waals surface area contributed by atoms with Crippen molar-refractivity contribution < 1.29 is 24.1 Å². The fourth-order valence-corrected chi connectivity index (χ4v) is 4.63. The molecule has 1 amide bonds. The summed E-state index contributed by atoms with van der Waals surface area (Å²) < 4.78 is 16.4. The van der Waals surface area contributed by atoms with Crippen LogP contribution in [0.1, 0.15) is 15.9 Å². The number of amides is 1. The number of imidazole rings is 1. The molecule has 0 aliphatic rings. The zero-order valence-corrected chi connectivity index (χ0v) is 20.8. The minimum atomic E-state index is -0.481.